The summed E-state index contributed by atoms with van der Waals surface area (Å²) in [6.07, 6.45) is 5.84. The standard InChI is InChI=1S/C11H21BO2/c1-10(2,13)11(3,4)14-12-9-7-5-6-8-9/h7,12-13H,5-6,8H2,1-4H3. The van der Waals surface area contributed by atoms with Crippen LogP contribution in [0.1, 0.15) is 47.0 Å². The van der Waals surface area contributed by atoms with Crippen LogP contribution in [0.4, 0.5) is 0 Å². The van der Waals surface area contributed by atoms with E-state index >= 15 is 0 Å². The fourth-order valence-corrected chi connectivity index (χ4v) is 1.32. The van der Waals surface area contributed by atoms with Gasteiger partial charge in [-0.05, 0) is 47.0 Å². The molecule has 0 saturated heterocycles. The molecule has 0 aromatic carbocycles. The molecule has 0 spiro atoms. The quantitative estimate of drug-likeness (QED) is 0.696. The third kappa shape index (κ3) is 2.86. The van der Waals surface area contributed by atoms with E-state index in [1.807, 2.05) is 13.8 Å². The van der Waals surface area contributed by atoms with Crippen LogP contribution < -0.4 is 0 Å². The third-order valence-corrected chi connectivity index (χ3v) is 3.23. The monoisotopic (exact) mass is 196 g/mol. The second-order valence-electron chi connectivity index (χ2n) is 5.11. The zero-order valence-corrected chi connectivity index (χ0v) is 9.76. The maximum Gasteiger partial charge on any atom is 0.305 e. The summed E-state index contributed by atoms with van der Waals surface area (Å²) in [5.74, 6) is 0. The lowest BCUT2D eigenvalue weighted by atomic mass is 9.82. The summed E-state index contributed by atoms with van der Waals surface area (Å²) in [7, 11) is 0.664. The maximum atomic E-state index is 9.87. The van der Waals surface area contributed by atoms with Crippen molar-refractivity contribution in [3.05, 3.63) is 11.5 Å². The van der Waals surface area contributed by atoms with Crippen LogP contribution in [0.5, 0.6) is 0 Å². The van der Waals surface area contributed by atoms with E-state index in [1.54, 1.807) is 13.8 Å². The van der Waals surface area contributed by atoms with E-state index in [2.05, 4.69) is 6.08 Å². The van der Waals surface area contributed by atoms with Crippen LogP contribution in [-0.4, -0.2) is 23.8 Å². The highest BCUT2D eigenvalue weighted by molar-refractivity contribution is 6.38. The fraction of sp³-hybridized carbons (Fsp3) is 0.818. The Morgan fingerprint density at radius 3 is 2.43 bits per heavy atom. The second-order valence-corrected chi connectivity index (χ2v) is 5.11. The number of allylic oxidation sites excluding steroid dienone is 2. The van der Waals surface area contributed by atoms with Crippen molar-refractivity contribution < 1.29 is 9.76 Å². The van der Waals surface area contributed by atoms with Crippen molar-refractivity contribution in [2.45, 2.75) is 58.2 Å². The molecule has 0 aliphatic heterocycles. The van der Waals surface area contributed by atoms with E-state index in [0.717, 1.165) is 6.42 Å². The van der Waals surface area contributed by atoms with Crippen molar-refractivity contribution in [3.63, 3.8) is 0 Å². The molecule has 14 heavy (non-hydrogen) atoms. The van der Waals surface area contributed by atoms with E-state index in [0.29, 0.717) is 7.48 Å². The molecule has 0 saturated carbocycles. The van der Waals surface area contributed by atoms with Gasteiger partial charge in [-0.15, -0.1) is 0 Å². The zero-order chi connectivity index (χ0) is 10.8. The minimum atomic E-state index is -0.799. The molecule has 0 aromatic heterocycles. The Bertz CT molecular complexity index is 226. The molecule has 1 rings (SSSR count). The molecule has 3 heteroatoms. The van der Waals surface area contributed by atoms with Crippen molar-refractivity contribution >= 4 is 7.48 Å². The SMILES string of the molecule is CC(C)(O)C(C)(C)OBC1=CCCC1. The van der Waals surface area contributed by atoms with Gasteiger partial charge in [0.15, 0.2) is 0 Å². The highest BCUT2D eigenvalue weighted by atomic mass is 16.5. The van der Waals surface area contributed by atoms with E-state index in [4.69, 9.17) is 4.65 Å². The summed E-state index contributed by atoms with van der Waals surface area (Å²) < 4.78 is 5.76. The van der Waals surface area contributed by atoms with Gasteiger partial charge >= 0.3 is 7.48 Å². The molecule has 0 atom stereocenters. The molecule has 0 unspecified atom stereocenters. The lowest BCUT2D eigenvalue weighted by molar-refractivity contribution is -0.0897. The number of aliphatic hydroxyl groups is 1. The molecule has 0 fully saturated rings. The summed E-state index contributed by atoms with van der Waals surface area (Å²) >= 11 is 0. The van der Waals surface area contributed by atoms with Gasteiger partial charge in [0, 0.05) is 0 Å². The first kappa shape index (κ1) is 11.8. The van der Waals surface area contributed by atoms with Crippen LogP contribution in [0.2, 0.25) is 0 Å². The number of hydrogen-bond acceptors (Lipinski definition) is 2. The van der Waals surface area contributed by atoms with Gasteiger partial charge in [0.1, 0.15) is 0 Å². The number of hydrogen-bond donors (Lipinski definition) is 1. The van der Waals surface area contributed by atoms with Crippen molar-refractivity contribution in [1.29, 1.82) is 0 Å². The highest BCUT2D eigenvalue weighted by Crippen LogP contribution is 2.26. The third-order valence-electron chi connectivity index (χ3n) is 3.23. The summed E-state index contributed by atoms with van der Waals surface area (Å²) in [6, 6.07) is 0. The van der Waals surface area contributed by atoms with Crippen molar-refractivity contribution in [3.8, 4) is 0 Å². The predicted molar refractivity (Wildman–Crippen MR) is 60.5 cm³/mol. The lowest BCUT2D eigenvalue weighted by Crippen LogP contribution is -2.48. The topological polar surface area (TPSA) is 29.5 Å². The van der Waals surface area contributed by atoms with E-state index in [-0.39, 0.29) is 0 Å². The maximum absolute atomic E-state index is 9.87. The van der Waals surface area contributed by atoms with Crippen LogP contribution in [-0.2, 0) is 4.65 Å². The molecule has 1 N–H and O–H groups in total. The molecule has 0 heterocycles. The first-order valence-electron chi connectivity index (χ1n) is 5.37. The van der Waals surface area contributed by atoms with Gasteiger partial charge in [-0.2, -0.15) is 0 Å². The first-order chi connectivity index (χ1) is 6.33. The van der Waals surface area contributed by atoms with Crippen LogP contribution in [0.3, 0.4) is 0 Å². The lowest BCUT2D eigenvalue weighted by Gasteiger charge is -2.37. The predicted octanol–water partition coefficient (Wildman–Crippen LogP) is 1.97. The summed E-state index contributed by atoms with van der Waals surface area (Å²) in [5.41, 5.74) is 0.0881. The molecule has 0 amide bonds. The van der Waals surface area contributed by atoms with Crippen LogP contribution in [0, 0.1) is 0 Å². The second kappa shape index (κ2) is 4.07. The molecule has 1 aliphatic carbocycles. The largest absolute Gasteiger partial charge is 0.427 e. The average Bonchev–Trinajstić information content (AvgIpc) is 2.50. The highest BCUT2D eigenvalue weighted by Gasteiger charge is 2.35. The normalized spacial score (nSPS) is 18.2. The molecule has 0 aromatic rings. The van der Waals surface area contributed by atoms with Gasteiger partial charge in [0.05, 0.1) is 11.2 Å². The molecule has 2 nitrogen and oxygen atoms in total. The summed E-state index contributed by atoms with van der Waals surface area (Å²) in [4.78, 5) is 0. The summed E-state index contributed by atoms with van der Waals surface area (Å²) in [6.45, 7) is 7.44. The van der Waals surface area contributed by atoms with E-state index in [1.165, 1.54) is 18.3 Å². The minimum Gasteiger partial charge on any atom is -0.427 e. The molecule has 0 bridgehead atoms. The molecule has 1 aliphatic rings. The zero-order valence-electron chi connectivity index (χ0n) is 9.76. The average molecular weight is 196 g/mol. The molecular formula is C11H21BO2. The molecule has 0 radical (unpaired) electrons. The molecular weight excluding hydrogens is 175 g/mol. The van der Waals surface area contributed by atoms with Gasteiger partial charge in [0.25, 0.3) is 0 Å². The Labute approximate surface area is 87.6 Å². The Hall–Kier alpha value is -0.275. The van der Waals surface area contributed by atoms with Gasteiger partial charge in [-0.1, -0.05) is 11.5 Å². The Kier molecular flexibility index (Phi) is 3.43. The minimum absolute atomic E-state index is 0.490. The number of rotatable bonds is 4. The van der Waals surface area contributed by atoms with Crippen molar-refractivity contribution in [2.75, 3.05) is 0 Å². The first-order valence-corrected chi connectivity index (χ1v) is 5.37. The van der Waals surface area contributed by atoms with E-state index in [9.17, 15) is 5.11 Å². The van der Waals surface area contributed by atoms with Gasteiger partial charge in [0.2, 0.25) is 0 Å². The summed E-state index contributed by atoms with van der Waals surface area (Å²) in [5, 5.41) is 9.87. The van der Waals surface area contributed by atoms with E-state index < -0.39 is 11.2 Å². The fourth-order valence-electron chi connectivity index (χ4n) is 1.32. The van der Waals surface area contributed by atoms with Crippen LogP contribution in [0.15, 0.2) is 11.5 Å². The Morgan fingerprint density at radius 2 is 2.00 bits per heavy atom. The van der Waals surface area contributed by atoms with Gasteiger partial charge in [-0.3, -0.25) is 0 Å². The van der Waals surface area contributed by atoms with Crippen LogP contribution >= 0.6 is 0 Å². The smallest absolute Gasteiger partial charge is 0.305 e. The Morgan fingerprint density at radius 1 is 1.36 bits per heavy atom. The van der Waals surface area contributed by atoms with Gasteiger partial charge < -0.3 is 9.76 Å². The van der Waals surface area contributed by atoms with Crippen LogP contribution in [0.25, 0.3) is 0 Å². The Balaban J connectivity index is 2.43. The van der Waals surface area contributed by atoms with Crippen molar-refractivity contribution in [1.82, 2.24) is 0 Å². The van der Waals surface area contributed by atoms with Gasteiger partial charge in [-0.25, -0.2) is 0 Å². The molecule has 80 valence electrons. The van der Waals surface area contributed by atoms with Crippen molar-refractivity contribution in [2.24, 2.45) is 0 Å².